The molecule has 2 heterocycles. The molecule has 0 unspecified atom stereocenters. The fourth-order valence-corrected chi connectivity index (χ4v) is 4.32. The predicted octanol–water partition coefficient (Wildman–Crippen LogP) is 2.49. The zero-order valence-corrected chi connectivity index (χ0v) is 14.5. The number of amides is 1. The molecule has 1 atom stereocenters. The second-order valence-corrected chi connectivity index (χ2v) is 7.69. The number of hydrogen-bond donors (Lipinski definition) is 1. The summed E-state index contributed by atoms with van der Waals surface area (Å²) in [6.45, 7) is 5.02. The molecule has 0 spiro atoms. The number of nitrogens with one attached hydrogen (secondary N) is 1. The van der Waals surface area contributed by atoms with Gasteiger partial charge in [-0.05, 0) is 26.0 Å². The van der Waals surface area contributed by atoms with Gasteiger partial charge in [-0.15, -0.1) is 21.5 Å². The van der Waals surface area contributed by atoms with E-state index in [1.54, 1.807) is 17.7 Å². The Balaban J connectivity index is 1.52. The molecule has 3 rings (SSSR count). The predicted molar refractivity (Wildman–Crippen MR) is 92.7 cm³/mol. The van der Waals surface area contributed by atoms with Gasteiger partial charge in [0.05, 0.1) is 15.5 Å². The van der Waals surface area contributed by atoms with Crippen molar-refractivity contribution in [3.05, 3.63) is 36.4 Å². The average molecular weight is 347 g/mol. The monoisotopic (exact) mass is 347 g/mol. The molecule has 2 aromatic heterocycles. The summed E-state index contributed by atoms with van der Waals surface area (Å²) >= 11 is 3.11. The molecule has 120 valence electrons. The Morgan fingerprint density at radius 1 is 1.43 bits per heavy atom. The van der Waals surface area contributed by atoms with Crippen LogP contribution in [0.3, 0.4) is 0 Å². The van der Waals surface area contributed by atoms with Crippen LogP contribution < -0.4 is 5.32 Å². The Labute approximate surface area is 142 Å². The molecule has 8 heteroatoms. The van der Waals surface area contributed by atoms with Crippen LogP contribution in [-0.2, 0) is 11.3 Å². The van der Waals surface area contributed by atoms with E-state index in [1.807, 2.05) is 42.7 Å². The molecule has 1 N–H and O–H groups in total. The summed E-state index contributed by atoms with van der Waals surface area (Å²) in [5.74, 6) is 0.858. The van der Waals surface area contributed by atoms with Crippen LogP contribution >= 0.6 is 23.1 Å². The highest BCUT2D eigenvalue weighted by atomic mass is 32.2. The van der Waals surface area contributed by atoms with Crippen LogP contribution in [0.15, 0.2) is 34.9 Å². The first kappa shape index (κ1) is 15.9. The number of aryl methyl sites for hydroxylation is 1. The van der Waals surface area contributed by atoms with E-state index < -0.39 is 0 Å². The molecular weight excluding hydrogens is 330 g/mol. The maximum atomic E-state index is 12.2. The first-order chi connectivity index (χ1) is 11.1. The fraction of sp³-hybridized carbons (Fsp3) is 0.333. The quantitative estimate of drug-likeness (QED) is 0.694. The van der Waals surface area contributed by atoms with Crippen molar-refractivity contribution in [1.29, 1.82) is 0 Å². The minimum atomic E-state index is -0.183. The first-order valence-corrected chi connectivity index (χ1v) is 8.97. The zero-order chi connectivity index (χ0) is 16.2. The van der Waals surface area contributed by atoms with Crippen LogP contribution in [0.2, 0.25) is 0 Å². The molecule has 1 amide bonds. The summed E-state index contributed by atoms with van der Waals surface area (Å²) in [5.41, 5.74) is 0.982. The van der Waals surface area contributed by atoms with Gasteiger partial charge in [0.15, 0.2) is 4.34 Å². The van der Waals surface area contributed by atoms with Crippen LogP contribution in [0, 0.1) is 6.92 Å². The summed E-state index contributed by atoms with van der Waals surface area (Å²) in [6, 6.07) is 8.00. The number of carbonyl (C=O) groups is 1. The topological polar surface area (TPSA) is 72.7 Å². The standard InChI is InChI=1S/C15H17N5OS2/c1-10(14(21)16-7-8-20-9-17-19-11(20)2)22-15-18-12-5-3-4-6-13(12)23-15/h3-6,9-10H,7-8H2,1-2H3,(H,16,21)/t10-/m1/s1. The summed E-state index contributed by atoms with van der Waals surface area (Å²) in [4.78, 5) is 16.7. The van der Waals surface area contributed by atoms with Gasteiger partial charge < -0.3 is 9.88 Å². The number of benzene rings is 1. The molecule has 0 aliphatic carbocycles. The number of carbonyl (C=O) groups excluding carboxylic acids is 1. The Hall–Kier alpha value is -1.93. The van der Waals surface area contributed by atoms with Crippen LogP contribution in [-0.4, -0.2) is 37.5 Å². The van der Waals surface area contributed by atoms with Gasteiger partial charge in [0, 0.05) is 13.1 Å². The van der Waals surface area contributed by atoms with Crippen LogP contribution in [0.5, 0.6) is 0 Å². The lowest BCUT2D eigenvalue weighted by Crippen LogP contribution is -2.33. The van der Waals surface area contributed by atoms with E-state index in [2.05, 4.69) is 20.5 Å². The molecule has 23 heavy (non-hydrogen) atoms. The summed E-state index contributed by atoms with van der Waals surface area (Å²) < 4.78 is 3.97. The molecule has 0 fully saturated rings. The molecule has 3 aromatic rings. The van der Waals surface area contributed by atoms with Crippen LogP contribution in [0.1, 0.15) is 12.7 Å². The van der Waals surface area contributed by atoms with Crippen LogP contribution in [0.4, 0.5) is 0 Å². The van der Waals surface area contributed by atoms with Gasteiger partial charge in [-0.1, -0.05) is 23.9 Å². The van der Waals surface area contributed by atoms with E-state index in [1.165, 1.54) is 11.8 Å². The maximum Gasteiger partial charge on any atom is 0.233 e. The number of thioether (sulfide) groups is 1. The maximum absolute atomic E-state index is 12.2. The van der Waals surface area contributed by atoms with Crippen molar-refractivity contribution in [2.45, 2.75) is 30.0 Å². The largest absolute Gasteiger partial charge is 0.353 e. The van der Waals surface area contributed by atoms with E-state index in [9.17, 15) is 4.79 Å². The minimum Gasteiger partial charge on any atom is -0.353 e. The van der Waals surface area contributed by atoms with E-state index >= 15 is 0 Å². The number of thiazole rings is 1. The van der Waals surface area contributed by atoms with Crippen molar-refractivity contribution in [3.8, 4) is 0 Å². The van der Waals surface area contributed by atoms with Crippen molar-refractivity contribution in [3.63, 3.8) is 0 Å². The third-order valence-corrected chi connectivity index (χ3v) is 5.61. The van der Waals surface area contributed by atoms with Gasteiger partial charge in [-0.25, -0.2) is 4.98 Å². The highest BCUT2D eigenvalue weighted by Gasteiger charge is 2.16. The number of fused-ring (bicyclic) bond motifs is 1. The molecule has 0 aliphatic rings. The van der Waals surface area contributed by atoms with E-state index in [4.69, 9.17) is 0 Å². The summed E-state index contributed by atoms with van der Waals surface area (Å²) in [6.07, 6.45) is 1.67. The Bertz CT molecular complexity index is 780. The number of aromatic nitrogens is 4. The van der Waals surface area contributed by atoms with Gasteiger partial charge in [0.25, 0.3) is 0 Å². The highest BCUT2D eigenvalue weighted by Crippen LogP contribution is 2.31. The molecule has 0 bridgehead atoms. The second-order valence-electron chi connectivity index (χ2n) is 5.07. The van der Waals surface area contributed by atoms with Crippen molar-refractivity contribution in [2.24, 2.45) is 0 Å². The molecule has 6 nitrogen and oxygen atoms in total. The Morgan fingerprint density at radius 2 is 2.26 bits per heavy atom. The molecular formula is C15H17N5OS2. The van der Waals surface area contributed by atoms with Crippen molar-refractivity contribution in [1.82, 2.24) is 25.1 Å². The number of rotatable bonds is 6. The average Bonchev–Trinajstić information content (AvgIpc) is 3.12. The van der Waals surface area contributed by atoms with E-state index in [-0.39, 0.29) is 11.2 Å². The third kappa shape index (κ3) is 3.89. The van der Waals surface area contributed by atoms with E-state index in [0.717, 1.165) is 20.4 Å². The first-order valence-electron chi connectivity index (χ1n) is 7.28. The highest BCUT2D eigenvalue weighted by molar-refractivity contribution is 8.02. The fourth-order valence-electron chi connectivity index (χ4n) is 2.08. The van der Waals surface area contributed by atoms with Crippen LogP contribution in [0.25, 0.3) is 10.2 Å². The third-order valence-electron chi connectivity index (χ3n) is 3.38. The number of para-hydroxylation sites is 1. The normalized spacial score (nSPS) is 12.4. The molecule has 0 radical (unpaired) electrons. The Kier molecular flexibility index (Phi) is 4.92. The van der Waals surface area contributed by atoms with E-state index in [0.29, 0.717) is 13.1 Å². The SMILES string of the molecule is Cc1nncn1CCNC(=O)[C@@H](C)Sc1nc2ccccc2s1. The molecule has 0 aliphatic heterocycles. The summed E-state index contributed by atoms with van der Waals surface area (Å²) in [7, 11) is 0. The molecule has 1 aromatic carbocycles. The van der Waals surface area contributed by atoms with Gasteiger partial charge in [-0.3, -0.25) is 4.79 Å². The van der Waals surface area contributed by atoms with Crippen molar-refractivity contribution in [2.75, 3.05) is 6.54 Å². The number of nitrogens with zero attached hydrogens (tertiary/aromatic N) is 4. The van der Waals surface area contributed by atoms with Gasteiger partial charge >= 0.3 is 0 Å². The van der Waals surface area contributed by atoms with Gasteiger partial charge in [0.2, 0.25) is 5.91 Å². The lowest BCUT2D eigenvalue weighted by atomic mass is 10.3. The minimum absolute atomic E-state index is 0.0139. The smallest absolute Gasteiger partial charge is 0.233 e. The number of hydrogen-bond acceptors (Lipinski definition) is 6. The lowest BCUT2D eigenvalue weighted by molar-refractivity contribution is -0.120. The zero-order valence-electron chi connectivity index (χ0n) is 12.9. The second kappa shape index (κ2) is 7.10. The van der Waals surface area contributed by atoms with Gasteiger partial charge in [-0.2, -0.15) is 0 Å². The lowest BCUT2D eigenvalue weighted by Gasteiger charge is -2.11. The molecule has 0 saturated heterocycles. The molecule has 0 saturated carbocycles. The van der Waals surface area contributed by atoms with Gasteiger partial charge in [0.1, 0.15) is 12.2 Å². The Morgan fingerprint density at radius 3 is 3.00 bits per heavy atom. The van der Waals surface area contributed by atoms with Crippen molar-refractivity contribution >= 4 is 39.2 Å². The van der Waals surface area contributed by atoms with Crippen molar-refractivity contribution < 1.29 is 4.79 Å². The summed E-state index contributed by atoms with van der Waals surface area (Å²) in [5, 5.41) is 10.5.